The van der Waals surface area contributed by atoms with Crippen LogP contribution in [-0.2, 0) is 28.6 Å². The molecule has 0 amide bonds. The summed E-state index contributed by atoms with van der Waals surface area (Å²) in [5, 5.41) is 0. The molecule has 0 aliphatic rings. The molecule has 0 rings (SSSR count). The van der Waals surface area contributed by atoms with Gasteiger partial charge in [0.1, 0.15) is 13.2 Å². The number of allylic oxidation sites excluding steroid dienone is 8. The van der Waals surface area contributed by atoms with Gasteiger partial charge in [-0.05, 0) is 57.8 Å². The van der Waals surface area contributed by atoms with E-state index in [-0.39, 0.29) is 31.1 Å². The number of esters is 3. The molecule has 1 atom stereocenters. The van der Waals surface area contributed by atoms with Crippen molar-refractivity contribution >= 4 is 17.9 Å². The van der Waals surface area contributed by atoms with E-state index in [1.165, 1.54) is 250 Å². The molecular formula is C74H136O6. The van der Waals surface area contributed by atoms with Gasteiger partial charge in [0.15, 0.2) is 6.10 Å². The Morgan fingerprint density at radius 2 is 0.487 bits per heavy atom. The van der Waals surface area contributed by atoms with E-state index in [2.05, 4.69) is 69.4 Å². The van der Waals surface area contributed by atoms with Crippen LogP contribution in [0.5, 0.6) is 0 Å². The van der Waals surface area contributed by atoms with Gasteiger partial charge >= 0.3 is 17.9 Å². The van der Waals surface area contributed by atoms with E-state index >= 15 is 0 Å². The molecule has 0 heterocycles. The minimum atomic E-state index is -0.783. The van der Waals surface area contributed by atoms with E-state index in [0.29, 0.717) is 19.3 Å². The Balaban J connectivity index is 4.06. The van der Waals surface area contributed by atoms with Crippen molar-refractivity contribution in [1.29, 1.82) is 0 Å². The minimum Gasteiger partial charge on any atom is -0.462 e. The molecule has 0 bridgehead atoms. The molecule has 468 valence electrons. The van der Waals surface area contributed by atoms with E-state index in [1.807, 2.05) is 0 Å². The third-order valence-corrected chi connectivity index (χ3v) is 16.1. The van der Waals surface area contributed by atoms with Crippen LogP contribution >= 0.6 is 0 Å². The number of carbonyl (C=O) groups excluding carboxylic acids is 3. The van der Waals surface area contributed by atoms with Crippen LogP contribution in [0.4, 0.5) is 0 Å². The van der Waals surface area contributed by atoms with Crippen molar-refractivity contribution in [3.8, 4) is 0 Å². The van der Waals surface area contributed by atoms with Crippen molar-refractivity contribution in [2.24, 2.45) is 0 Å². The van der Waals surface area contributed by atoms with Gasteiger partial charge in [-0.25, -0.2) is 0 Å². The van der Waals surface area contributed by atoms with Crippen LogP contribution in [-0.4, -0.2) is 37.2 Å². The SMILES string of the molecule is CC/C=C\C/C=C\C/C=C\C/C=C\CCCCCCC(=O)OC(COC(=O)CCCCCCCCCCCCC)COC(=O)CCCCCCCCCCCCCCCCCCCCCCCCCCCCCCCCCCCC. The van der Waals surface area contributed by atoms with Gasteiger partial charge in [-0.15, -0.1) is 0 Å². The van der Waals surface area contributed by atoms with Gasteiger partial charge < -0.3 is 14.2 Å². The summed E-state index contributed by atoms with van der Waals surface area (Å²) in [5.41, 5.74) is 0. The van der Waals surface area contributed by atoms with Gasteiger partial charge in [0.05, 0.1) is 0 Å². The third-order valence-electron chi connectivity index (χ3n) is 16.1. The van der Waals surface area contributed by atoms with Crippen LogP contribution in [0.1, 0.15) is 387 Å². The Bertz CT molecular complexity index is 1380. The van der Waals surface area contributed by atoms with E-state index in [9.17, 15) is 14.4 Å². The van der Waals surface area contributed by atoms with Crippen LogP contribution in [0.3, 0.4) is 0 Å². The van der Waals surface area contributed by atoms with Crippen LogP contribution < -0.4 is 0 Å². The highest BCUT2D eigenvalue weighted by Gasteiger charge is 2.19. The summed E-state index contributed by atoms with van der Waals surface area (Å²) in [6.07, 6.45) is 87.5. The highest BCUT2D eigenvalue weighted by Crippen LogP contribution is 2.19. The summed E-state index contributed by atoms with van der Waals surface area (Å²) in [4.78, 5) is 38.3. The summed E-state index contributed by atoms with van der Waals surface area (Å²) in [5.74, 6) is -0.881. The van der Waals surface area contributed by atoms with Crippen molar-refractivity contribution in [1.82, 2.24) is 0 Å². The quantitative estimate of drug-likeness (QED) is 0.0261. The standard InChI is InChI=1S/C74H136O6/c1-4-7-10-13-16-19-22-24-26-28-29-30-31-32-33-34-35-36-37-38-39-40-41-42-43-44-46-47-49-52-55-58-61-64-67-73(76)79-70-71(69-78-72(75)66-63-60-57-54-51-21-18-15-12-9-6-3)80-74(77)68-65-62-59-56-53-50-48-45-27-25-23-20-17-14-11-8-5-2/h8,11,17,20,25,27,48,50,71H,4-7,9-10,12-16,18-19,21-24,26,28-47,49,51-70H2,1-3H3/b11-8-,20-17-,27-25-,50-48-. The molecule has 0 aliphatic heterocycles. The molecule has 0 aliphatic carbocycles. The zero-order valence-electron chi connectivity index (χ0n) is 53.9. The fourth-order valence-electron chi connectivity index (χ4n) is 10.8. The number of hydrogen-bond acceptors (Lipinski definition) is 6. The predicted molar refractivity (Wildman–Crippen MR) is 349 cm³/mol. The Kier molecular flexibility index (Phi) is 66.6. The van der Waals surface area contributed by atoms with Crippen LogP contribution in [0.25, 0.3) is 0 Å². The maximum atomic E-state index is 12.9. The van der Waals surface area contributed by atoms with Gasteiger partial charge in [-0.3, -0.25) is 14.4 Å². The second-order valence-electron chi connectivity index (χ2n) is 24.1. The lowest BCUT2D eigenvalue weighted by Gasteiger charge is -2.18. The lowest BCUT2D eigenvalue weighted by Crippen LogP contribution is -2.30. The van der Waals surface area contributed by atoms with Crippen molar-refractivity contribution in [2.45, 2.75) is 393 Å². The molecule has 0 aromatic carbocycles. The number of ether oxygens (including phenoxy) is 3. The Hall–Kier alpha value is -2.63. The average molecular weight is 1120 g/mol. The zero-order valence-corrected chi connectivity index (χ0v) is 53.9. The fraction of sp³-hybridized carbons (Fsp3) is 0.851. The molecule has 0 aromatic heterocycles. The maximum absolute atomic E-state index is 12.9. The number of hydrogen-bond donors (Lipinski definition) is 0. The summed E-state index contributed by atoms with van der Waals surface area (Å²) in [7, 11) is 0. The second kappa shape index (κ2) is 68.9. The first-order valence-corrected chi connectivity index (χ1v) is 35.6. The summed E-state index contributed by atoms with van der Waals surface area (Å²) in [6.45, 7) is 6.56. The zero-order chi connectivity index (χ0) is 57.8. The molecule has 0 N–H and O–H groups in total. The van der Waals surface area contributed by atoms with Gasteiger partial charge in [0, 0.05) is 19.3 Å². The largest absolute Gasteiger partial charge is 0.462 e. The molecule has 0 radical (unpaired) electrons. The van der Waals surface area contributed by atoms with E-state index in [0.717, 1.165) is 96.3 Å². The van der Waals surface area contributed by atoms with Gasteiger partial charge in [-0.2, -0.15) is 0 Å². The molecular weight excluding hydrogens is 985 g/mol. The summed E-state index contributed by atoms with van der Waals surface area (Å²) in [6, 6.07) is 0. The molecule has 1 unspecified atom stereocenters. The monoisotopic (exact) mass is 1120 g/mol. The molecule has 0 aromatic rings. The Labute approximate surface area is 498 Å². The average Bonchev–Trinajstić information content (AvgIpc) is 3.46. The highest BCUT2D eigenvalue weighted by atomic mass is 16.6. The molecule has 80 heavy (non-hydrogen) atoms. The van der Waals surface area contributed by atoms with Crippen LogP contribution in [0.2, 0.25) is 0 Å². The summed E-state index contributed by atoms with van der Waals surface area (Å²) < 4.78 is 16.9. The first-order valence-electron chi connectivity index (χ1n) is 35.6. The van der Waals surface area contributed by atoms with E-state index in [1.54, 1.807) is 0 Å². The van der Waals surface area contributed by atoms with E-state index < -0.39 is 6.10 Å². The van der Waals surface area contributed by atoms with Crippen molar-refractivity contribution in [3.63, 3.8) is 0 Å². The topological polar surface area (TPSA) is 78.9 Å². The predicted octanol–water partition coefficient (Wildman–Crippen LogP) is 24.5. The van der Waals surface area contributed by atoms with Crippen molar-refractivity contribution in [2.75, 3.05) is 13.2 Å². The van der Waals surface area contributed by atoms with E-state index in [4.69, 9.17) is 14.2 Å². The number of rotatable bonds is 66. The Morgan fingerprint density at radius 3 is 0.762 bits per heavy atom. The van der Waals surface area contributed by atoms with Crippen LogP contribution in [0, 0.1) is 0 Å². The normalized spacial score (nSPS) is 12.3. The molecule has 6 nitrogen and oxygen atoms in total. The highest BCUT2D eigenvalue weighted by molar-refractivity contribution is 5.71. The summed E-state index contributed by atoms with van der Waals surface area (Å²) >= 11 is 0. The molecule has 0 saturated carbocycles. The Morgan fingerprint density at radius 1 is 0.263 bits per heavy atom. The lowest BCUT2D eigenvalue weighted by atomic mass is 10.0. The van der Waals surface area contributed by atoms with Crippen molar-refractivity contribution in [3.05, 3.63) is 48.6 Å². The lowest BCUT2D eigenvalue weighted by molar-refractivity contribution is -0.167. The molecule has 0 saturated heterocycles. The van der Waals surface area contributed by atoms with Gasteiger partial charge in [0.25, 0.3) is 0 Å². The second-order valence-corrected chi connectivity index (χ2v) is 24.1. The van der Waals surface area contributed by atoms with Gasteiger partial charge in [0.2, 0.25) is 0 Å². The maximum Gasteiger partial charge on any atom is 0.306 e. The number of unbranched alkanes of at least 4 members (excludes halogenated alkanes) is 47. The molecule has 6 heteroatoms. The smallest absolute Gasteiger partial charge is 0.306 e. The minimum absolute atomic E-state index is 0.0785. The van der Waals surface area contributed by atoms with Crippen LogP contribution in [0.15, 0.2) is 48.6 Å². The molecule has 0 fully saturated rings. The first-order chi connectivity index (χ1) is 39.5. The number of carbonyl (C=O) groups is 3. The third kappa shape index (κ3) is 66.2. The molecule has 0 spiro atoms. The first kappa shape index (κ1) is 77.4. The van der Waals surface area contributed by atoms with Gasteiger partial charge in [-0.1, -0.05) is 358 Å². The van der Waals surface area contributed by atoms with Crippen molar-refractivity contribution < 1.29 is 28.6 Å². The fourth-order valence-corrected chi connectivity index (χ4v) is 10.8.